The lowest BCUT2D eigenvalue weighted by molar-refractivity contribution is 0.0737. The van der Waals surface area contributed by atoms with E-state index < -0.39 is 10.0 Å². The second-order valence-electron chi connectivity index (χ2n) is 4.41. The Bertz CT molecular complexity index is 484. The summed E-state index contributed by atoms with van der Waals surface area (Å²) in [5.41, 5.74) is 0. The summed E-state index contributed by atoms with van der Waals surface area (Å²) in [4.78, 5) is 0.119. The lowest BCUT2D eigenvalue weighted by atomic mass is 10.5. The van der Waals surface area contributed by atoms with Gasteiger partial charge in [0.2, 0.25) is 10.0 Å². The minimum Gasteiger partial charge on any atom is -0.394 e. The van der Waals surface area contributed by atoms with Crippen molar-refractivity contribution in [2.45, 2.75) is 31.4 Å². The van der Waals surface area contributed by atoms with Gasteiger partial charge in [-0.3, -0.25) is 4.68 Å². The van der Waals surface area contributed by atoms with Gasteiger partial charge in [0.15, 0.2) is 0 Å². The van der Waals surface area contributed by atoms with Crippen LogP contribution in [0.5, 0.6) is 0 Å². The first kappa shape index (κ1) is 16.1. The summed E-state index contributed by atoms with van der Waals surface area (Å²) in [6, 6.07) is 0. The van der Waals surface area contributed by atoms with Crippen LogP contribution in [0.1, 0.15) is 13.8 Å². The third-order valence-electron chi connectivity index (χ3n) is 2.50. The maximum absolute atomic E-state index is 12.2. The second-order valence-corrected chi connectivity index (χ2v) is 6.45. The Hall–Kier alpha value is -0.960. The predicted molar refractivity (Wildman–Crippen MR) is 70.2 cm³/mol. The molecule has 8 heteroatoms. The maximum Gasteiger partial charge on any atom is 0.246 e. The minimum atomic E-state index is -3.55. The molecule has 1 N–H and O–H groups in total. The molecule has 0 saturated carbocycles. The highest BCUT2D eigenvalue weighted by atomic mass is 32.2. The fourth-order valence-electron chi connectivity index (χ4n) is 1.42. The molecule has 0 aromatic carbocycles. The molecule has 0 saturated heterocycles. The molecule has 7 nitrogen and oxygen atoms in total. The number of aliphatic hydroxyl groups is 1. The Morgan fingerprint density at radius 3 is 2.79 bits per heavy atom. The molecule has 0 unspecified atom stereocenters. The average molecular weight is 291 g/mol. The predicted octanol–water partition coefficient (Wildman–Crippen LogP) is -0.0791. The standard InChI is InChI=1S/C11H21N3O4S/c1-10(2)18-7-5-13(3)19(16,17)11-8-12-14(9-11)4-6-15/h8-10,15H,4-7H2,1-3H3. The van der Waals surface area contributed by atoms with Crippen LogP contribution in [0, 0.1) is 0 Å². The van der Waals surface area contributed by atoms with Crippen molar-refractivity contribution in [1.82, 2.24) is 14.1 Å². The monoisotopic (exact) mass is 291 g/mol. The van der Waals surface area contributed by atoms with Gasteiger partial charge in [-0.25, -0.2) is 8.42 Å². The number of aromatic nitrogens is 2. The van der Waals surface area contributed by atoms with Crippen LogP contribution in [0.4, 0.5) is 0 Å². The molecule has 0 radical (unpaired) electrons. The molecule has 0 spiro atoms. The zero-order valence-electron chi connectivity index (χ0n) is 11.5. The molecule has 0 atom stereocenters. The van der Waals surface area contributed by atoms with Gasteiger partial charge in [-0.1, -0.05) is 0 Å². The third-order valence-corrected chi connectivity index (χ3v) is 4.31. The molecule has 1 aromatic heterocycles. The van der Waals surface area contributed by atoms with Crippen molar-refractivity contribution in [3.05, 3.63) is 12.4 Å². The zero-order valence-corrected chi connectivity index (χ0v) is 12.3. The van der Waals surface area contributed by atoms with Gasteiger partial charge < -0.3 is 9.84 Å². The van der Waals surface area contributed by atoms with Crippen molar-refractivity contribution in [1.29, 1.82) is 0 Å². The van der Waals surface area contributed by atoms with Gasteiger partial charge in [0.05, 0.1) is 32.1 Å². The van der Waals surface area contributed by atoms with Gasteiger partial charge in [0, 0.05) is 19.8 Å². The van der Waals surface area contributed by atoms with E-state index in [-0.39, 0.29) is 30.7 Å². The number of nitrogens with zero attached hydrogens (tertiary/aromatic N) is 3. The van der Waals surface area contributed by atoms with E-state index in [9.17, 15) is 8.42 Å². The van der Waals surface area contributed by atoms with Crippen molar-refractivity contribution in [3.63, 3.8) is 0 Å². The summed E-state index contributed by atoms with van der Waals surface area (Å²) in [6.45, 7) is 4.61. The number of ether oxygens (including phenoxy) is 1. The molecule has 0 amide bonds. The molecular formula is C11H21N3O4S. The highest BCUT2D eigenvalue weighted by Crippen LogP contribution is 2.12. The second kappa shape index (κ2) is 6.99. The highest BCUT2D eigenvalue weighted by Gasteiger charge is 2.22. The molecule has 0 aliphatic heterocycles. The molecule has 0 aliphatic rings. The smallest absolute Gasteiger partial charge is 0.246 e. The normalized spacial score (nSPS) is 12.5. The lowest BCUT2D eigenvalue weighted by Gasteiger charge is -2.16. The van der Waals surface area contributed by atoms with Gasteiger partial charge >= 0.3 is 0 Å². The summed E-state index contributed by atoms with van der Waals surface area (Å²) in [5, 5.41) is 12.7. The fraction of sp³-hybridized carbons (Fsp3) is 0.727. The highest BCUT2D eigenvalue weighted by molar-refractivity contribution is 7.89. The van der Waals surface area contributed by atoms with Crippen LogP contribution in [0.3, 0.4) is 0 Å². The topological polar surface area (TPSA) is 84.7 Å². The Balaban J connectivity index is 2.67. The Morgan fingerprint density at radius 2 is 2.21 bits per heavy atom. The average Bonchev–Trinajstić information content (AvgIpc) is 2.78. The van der Waals surface area contributed by atoms with Crippen molar-refractivity contribution in [3.8, 4) is 0 Å². The molecule has 19 heavy (non-hydrogen) atoms. The molecule has 1 rings (SSSR count). The summed E-state index contributed by atoms with van der Waals surface area (Å²) in [7, 11) is -2.04. The Kier molecular flexibility index (Phi) is 5.92. The summed E-state index contributed by atoms with van der Waals surface area (Å²) >= 11 is 0. The minimum absolute atomic E-state index is 0.0726. The number of rotatable bonds is 8. The van der Waals surface area contributed by atoms with E-state index in [4.69, 9.17) is 9.84 Å². The van der Waals surface area contributed by atoms with Gasteiger partial charge in [0.1, 0.15) is 4.90 Å². The lowest BCUT2D eigenvalue weighted by Crippen LogP contribution is -2.30. The molecule has 0 bridgehead atoms. The number of hydrogen-bond donors (Lipinski definition) is 1. The molecule has 110 valence electrons. The first-order valence-corrected chi connectivity index (χ1v) is 7.53. The van der Waals surface area contributed by atoms with E-state index in [1.54, 1.807) is 0 Å². The zero-order chi connectivity index (χ0) is 14.5. The summed E-state index contributed by atoms with van der Waals surface area (Å²) in [6.07, 6.45) is 2.76. The maximum atomic E-state index is 12.2. The van der Waals surface area contributed by atoms with Crippen LogP contribution in [-0.4, -0.2) is 60.5 Å². The van der Waals surface area contributed by atoms with E-state index in [1.807, 2.05) is 13.8 Å². The Labute approximate surface area is 113 Å². The van der Waals surface area contributed by atoms with Gasteiger partial charge in [-0.2, -0.15) is 9.40 Å². The Morgan fingerprint density at radius 1 is 1.53 bits per heavy atom. The SMILES string of the molecule is CC(C)OCCN(C)S(=O)(=O)c1cnn(CCO)c1. The number of aliphatic hydroxyl groups excluding tert-OH is 1. The summed E-state index contributed by atoms with van der Waals surface area (Å²) < 4.78 is 32.3. The molecule has 1 heterocycles. The molecule has 0 fully saturated rings. The number of hydrogen-bond acceptors (Lipinski definition) is 5. The molecule has 1 aromatic rings. The van der Waals surface area contributed by atoms with E-state index >= 15 is 0 Å². The van der Waals surface area contributed by atoms with Crippen molar-refractivity contribution >= 4 is 10.0 Å². The fourth-order valence-corrected chi connectivity index (χ4v) is 2.53. The number of likely N-dealkylation sites (N-methyl/N-ethyl adjacent to an activating group) is 1. The van der Waals surface area contributed by atoms with Crippen LogP contribution in [0.25, 0.3) is 0 Å². The van der Waals surface area contributed by atoms with Crippen LogP contribution in [0.15, 0.2) is 17.3 Å². The van der Waals surface area contributed by atoms with E-state index in [0.717, 1.165) is 0 Å². The van der Waals surface area contributed by atoms with Crippen molar-refractivity contribution < 1.29 is 18.3 Å². The van der Waals surface area contributed by atoms with Gasteiger partial charge in [-0.05, 0) is 13.8 Å². The molecule has 0 aliphatic carbocycles. The van der Waals surface area contributed by atoms with E-state index in [1.165, 1.54) is 28.4 Å². The van der Waals surface area contributed by atoms with Gasteiger partial charge in [-0.15, -0.1) is 0 Å². The van der Waals surface area contributed by atoms with E-state index in [2.05, 4.69) is 5.10 Å². The van der Waals surface area contributed by atoms with Crippen molar-refractivity contribution in [2.75, 3.05) is 26.8 Å². The molecular weight excluding hydrogens is 270 g/mol. The third kappa shape index (κ3) is 4.57. The van der Waals surface area contributed by atoms with E-state index in [0.29, 0.717) is 6.61 Å². The first-order chi connectivity index (χ1) is 8.87. The first-order valence-electron chi connectivity index (χ1n) is 6.09. The van der Waals surface area contributed by atoms with Crippen LogP contribution < -0.4 is 0 Å². The van der Waals surface area contributed by atoms with Crippen LogP contribution >= 0.6 is 0 Å². The van der Waals surface area contributed by atoms with Crippen LogP contribution in [0.2, 0.25) is 0 Å². The number of sulfonamides is 1. The largest absolute Gasteiger partial charge is 0.394 e. The van der Waals surface area contributed by atoms with Crippen LogP contribution in [-0.2, 0) is 21.3 Å². The van der Waals surface area contributed by atoms with Gasteiger partial charge in [0.25, 0.3) is 0 Å². The summed E-state index contributed by atoms with van der Waals surface area (Å²) in [5.74, 6) is 0. The van der Waals surface area contributed by atoms with Crippen molar-refractivity contribution in [2.24, 2.45) is 0 Å². The quantitative estimate of drug-likeness (QED) is 0.724.